The van der Waals surface area contributed by atoms with Gasteiger partial charge in [0.2, 0.25) is 5.91 Å². The van der Waals surface area contributed by atoms with E-state index in [1.807, 2.05) is 42.5 Å². The van der Waals surface area contributed by atoms with Crippen molar-refractivity contribution < 1.29 is 14.7 Å². The van der Waals surface area contributed by atoms with Gasteiger partial charge in [0, 0.05) is 25.7 Å². The van der Waals surface area contributed by atoms with Crippen LogP contribution in [0.4, 0.5) is 10.5 Å². The van der Waals surface area contributed by atoms with Crippen LogP contribution in [0.5, 0.6) is 0 Å². The molecule has 136 valence electrons. The van der Waals surface area contributed by atoms with Gasteiger partial charge in [-0.15, -0.1) is 0 Å². The Kier molecular flexibility index (Phi) is 5.56. The van der Waals surface area contributed by atoms with Crippen LogP contribution in [0.25, 0.3) is 0 Å². The lowest BCUT2D eigenvalue weighted by Gasteiger charge is -2.30. The number of likely N-dealkylation sites (tertiary alicyclic amines) is 1. The topological polar surface area (TPSA) is 60.9 Å². The van der Waals surface area contributed by atoms with Crippen LogP contribution in [-0.2, 0) is 11.3 Å². The molecule has 0 bridgehead atoms. The van der Waals surface area contributed by atoms with Crippen LogP contribution in [0.3, 0.4) is 0 Å². The highest BCUT2D eigenvalue weighted by Crippen LogP contribution is 2.30. The minimum atomic E-state index is -0.836. The summed E-state index contributed by atoms with van der Waals surface area (Å²) in [6, 6.07) is 18.1. The summed E-state index contributed by atoms with van der Waals surface area (Å²) in [5.41, 5.74) is 3.18. The van der Waals surface area contributed by atoms with Crippen LogP contribution in [0, 0.1) is 0 Å². The summed E-state index contributed by atoms with van der Waals surface area (Å²) in [6.45, 7) is 3.29. The third-order valence-electron chi connectivity index (χ3n) is 5.01. The zero-order chi connectivity index (χ0) is 18.5. The van der Waals surface area contributed by atoms with Crippen LogP contribution in [0.2, 0.25) is 0 Å². The number of hydrogen-bond donors (Lipinski definition) is 1. The van der Waals surface area contributed by atoms with Gasteiger partial charge in [-0.05, 0) is 42.0 Å². The van der Waals surface area contributed by atoms with Gasteiger partial charge in [-0.2, -0.15) is 0 Å². The molecule has 0 spiro atoms. The number of piperidine rings is 1. The van der Waals surface area contributed by atoms with Crippen LogP contribution >= 0.6 is 0 Å². The number of amides is 2. The lowest BCUT2D eigenvalue weighted by Crippen LogP contribution is -2.36. The average Bonchev–Trinajstić information content (AvgIpc) is 2.67. The summed E-state index contributed by atoms with van der Waals surface area (Å²) < 4.78 is 0. The minimum Gasteiger partial charge on any atom is -0.465 e. The zero-order valence-corrected chi connectivity index (χ0v) is 15.0. The molecule has 1 saturated heterocycles. The maximum absolute atomic E-state index is 12.1. The second-order valence-corrected chi connectivity index (χ2v) is 6.73. The third kappa shape index (κ3) is 4.23. The van der Waals surface area contributed by atoms with E-state index in [9.17, 15) is 9.59 Å². The highest BCUT2D eigenvalue weighted by molar-refractivity contribution is 5.91. The van der Waals surface area contributed by atoms with Gasteiger partial charge < -0.3 is 14.9 Å². The molecule has 1 fully saturated rings. The average molecular weight is 352 g/mol. The van der Waals surface area contributed by atoms with Gasteiger partial charge in [-0.1, -0.05) is 42.5 Å². The summed E-state index contributed by atoms with van der Waals surface area (Å²) in [6.07, 6.45) is 0.842. The molecular formula is C21H24N2O3. The first-order valence-electron chi connectivity index (χ1n) is 8.94. The number of anilines is 1. The van der Waals surface area contributed by atoms with Gasteiger partial charge in [0.1, 0.15) is 0 Å². The van der Waals surface area contributed by atoms with E-state index in [0.29, 0.717) is 25.6 Å². The van der Waals surface area contributed by atoms with E-state index in [0.717, 1.165) is 24.1 Å². The Hall–Kier alpha value is -2.82. The van der Waals surface area contributed by atoms with Gasteiger partial charge in [-0.25, -0.2) is 4.79 Å². The van der Waals surface area contributed by atoms with Gasteiger partial charge in [0.25, 0.3) is 0 Å². The van der Waals surface area contributed by atoms with Crippen LogP contribution in [0.15, 0.2) is 54.6 Å². The number of rotatable bonds is 4. The van der Waals surface area contributed by atoms with Crippen LogP contribution in [-0.4, -0.2) is 35.1 Å². The van der Waals surface area contributed by atoms with Crippen LogP contribution < -0.4 is 4.90 Å². The molecule has 0 saturated carbocycles. The van der Waals surface area contributed by atoms with Gasteiger partial charge in [0.15, 0.2) is 0 Å². The Balaban J connectivity index is 1.69. The Bertz CT molecular complexity index is 751. The molecule has 0 aliphatic carbocycles. The molecule has 2 aromatic carbocycles. The molecule has 1 N–H and O–H groups in total. The van der Waals surface area contributed by atoms with Crippen molar-refractivity contribution in [2.75, 3.05) is 18.0 Å². The summed E-state index contributed by atoms with van der Waals surface area (Å²) in [4.78, 5) is 26.4. The van der Waals surface area contributed by atoms with E-state index >= 15 is 0 Å². The molecule has 1 aliphatic rings. The van der Waals surface area contributed by atoms with Crippen molar-refractivity contribution in [2.24, 2.45) is 0 Å². The molecule has 0 atom stereocenters. The van der Waals surface area contributed by atoms with Crippen molar-refractivity contribution in [1.29, 1.82) is 0 Å². The molecule has 0 unspecified atom stereocenters. The second kappa shape index (κ2) is 8.04. The lowest BCUT2D eigenvalue weighted by atomic mass is 9.89. The number of nitrogens with zero attached hydrogens (tertiary/aromatic N) is 2. The molecule has 0 radical (unpaired) electrons. The summed E-state index contributed by atoms with van der Waals surface area (Å²) in [5.74, 6) is 0.385. The van der Waals surface area contributed by atoms with Crippen molar-refractivity contribution in [1.82, 2.24) is 4.90 Å². The number of carboxylic acid groups (broad SMARTS) is 1. The zero-order valence-electron chi connectivity index (χ0n) is 15.0. The van der Waals surface area contributed by atoms with E-state index in [1.54, 1.807) is 11.8 Å². The number of hydrogen-bond acceptors (Lipinski definition) is 2. The van der Waals surface area contributed by atoms with Gasteiger partial charge in [0.05, 0.1) is 6.54 Å². The van der Waals surface area contributed by atoms with E-state index < -0.39 is 6.09 Å². The second-order valence-electron chi connectivity index (χ2n) is 6.73. The first-order valence-corrected chi connectivity index (χ1v) is 8.94. The Morgan fingerprint density at radius 2 is 1.65 bits per heavy atom. The van der Waals surface area contributed by atoms with Crippen molar-refractivity contribution in [3.63, 3.8) is 0 Å². The first kappa shape index (κ1) is 18.0. The highest BCUT2D eigenvalue weighted by atomic mass is 16.4. The fraction of sp³-hybridized carbons (Fsp3) is 0.333. The number of benzene rings is 2. The Morgan fingerprint density at radius 1 is 1.04 bits per heavy atom. The third-order valence-corrected chi connectivity index (χ3v) is 5.01. The number of carbonyl (C=O) groups is 2. The maximum atomic E-state index is 12.1. The molecule has 5 heteroatoms. The highest BCUT2D eigenvalue weighted by Gasteiger charge is 2.23. The molecule has 26 heavy (non-hydrogen) atoms. The summed E-state index contributed by atoms with van der Waals surface area (Å²) >= 11 is 0. The monoisotopic (exact) mass is 352 g/mol. The minimum absolute atomic E-state index is 0.0105. The fourth-order valence-electron chi connectivity index (χ4n) is 3.48. The molecule has 2 aromatic rings. The Morgan fingerprint density at radius 3 is 2.19 bits per heavy atom. The molecule has 1 heterocycles. The molecule has 1 aliphatic heterocycles. The normalized spacial score (nSPS) is 14.9. The SMILES string of the molecule is CC(=O)N(Cc1ccccc1)c1ccc(C2CCN(C(=O)O)CC2)cc1. The maximum Gasteiger partial charge on any atom is 0.407 e. The summed E-state index contributed by atoms with van der Waals surface area (Å²) in [7, 11) is 0. The van der Waals surface area contributed by atoms with Gasteiger partial charge in [-0.3, -0.25) is 4.79 Å². The standard InChI is InChI=1S/C21H24N2O3/c1-16(24)23(15-17-5-3-2-4-6-17)20-9-7-18(8-10-20)19-11-13-22(14-12-19)21(25)26/h2-10,19H,11-15H2,1H3,(H,25,26). The van der Waals surface area contributed by atoms with Crippen molar-refractivity contribution in [2.45, 2.75) is 32.2 Å². The molecule has 5 nitrogen and oxygen atoms in total. The Labute approximate surface area is 153 Å². The smallest absolute Gasteiger partial charge is 0.407 e. The van der Waals surface area contributed by atoms with Crippen molar-refractivity contribution in [3.8, 4) is 0 Å². The summed E-state index contributed by atoms with van der Waals surface area (Å²) in [5, 5.41) is 9.05. The van der Waals surface area contributed by atoms with E-state index in [4.69, 9.17) is 5.11 Å². The van der Waals surface area contributed by atoms with Crippen LogP contribution in [0.1, 0.15) is 36.8 Å². The van der Waals surface area contributed by atoms with E-state index in [1.165, 1.54) is 10.5 Å². The quantitative estimate of drug-likeness (QED) is 0.901. The predicted octanol–water partition coefficient (Wildman–Crippen LogP) is 4.10. The van der Waals surface area contributed by atoms with E-state index in [-0.39, 0.29) is 5.91 Å². The molecule has 3 rings (SSSR count). The van der Waals surface area contributed by atoms with E-state index in [2.05, 4.69) is 12.1 Å². The van der Waals surface area contributed by atoms with Crippen molar-refractivity contribution in [3.05, 3.63) is 65.7 Å². The van der Waals surface area contributed by atoms with Gasteiger partial charge >= 0.3 is 6.09 Å². The molecule has 0 aromatic heterocycles. The predicted molar refractivity (Wildman–Crippen MR) is 101 cm³/mol. The molecular weight excluding hydrogens is 328 g/mol. The number of carbonyl (C=O) groups excluding carboxylic acids is 1. The molecule has 2 amide bonds. The van der Waals surface area contributed by atoms with Crippen molar-refractivity contribution >= 4 is 17.7 Å². The fourth-order valence-corrected chi connectivity index (χ4v) is 3.48. The largest absolute Gasteiger partial charge is 0.465 e. The first-order chi connectivity index (χ1) is 12.5. The lowest BCUT2D eigenvalue weighted by molar-refractivity contribution is -0.116.